The van der Waals surface area contributed by atoms with Crippen molar-refractivity contribution in [1.82, 2.24) is 9.80 Å². The van der Waals surface area contributed by atoms with Crippen molar-refractivity contribution < 1.29 is 4.58 Å². The predicted molar refractivity (Wildman–Crippen MR) is 53.7 cm³/mol. The summed E-state index contributed by atoms with van der Waals surface area (Å²) in [5.41, 5.74) is 0. The fourth-order valence-corrected chi connectivity index (χ4v) is 1.20. The fraction of sp³-hybridized carbons (Fsp3) is 0.857. The molecule has 0 N–H and O–H groups in total. The van der Waals surface area contributed by atoms with Crippen LogP contribution in [0.5, 0.6) is 0 Å². The first-order valence-electron chi connectivity index (χ1n) is 3.72. The Morgan fingerprint density at radius 1 is 1.15 bits per heavy atom. The van der Waals surface area contributed by atoms with Gasteiger partial charge in [0.1, 0.15) is 0 Å². The molecule has 0 unspecified atom stereocenters. The van der Waals surface area contributed by atoms with Gasteiger partial charge < -0.3 is 10.1 Å². The van der Waals surface area contributed by atoms with Gasteiger partial charge in [0.05, 0.1) is 42.3 Å². The molecule has 0 spiro atoms. The topological polar surface area (TPSA) is 62.0 Å². The molecular formula is C7H18N4O2. The number of hydrogen-bond acceptors (Lipinski definition) is 3. The summed E-state index contributed by atoms with van der Waals surface area (Å²) in [6.45, 7) is 0. The Morgan fingerprint density at radius 3 is 1.38 bits per heavy atom. The van der Waals surface area contributed by atoms with Crippen molar-refractivity contribution in [1.29, 1.82) is 0 Å². The Morgan fingerprint density at radius 2 is 1.38 bits per heavy atom. The molecule has 0 aromatic rings. The van der Waals surface area contributed by atoms with Gasteiger partial charge in [-0.2, -0.15) is 0 Å². The summed E-state index contributed by atoms with van der Waals surface area (Å²) in [6, 6.07) is 0. The molecule has 0 saturated heterocycles. The minimum absolute atomic E-state index is 1.00. The van der Waals surface area contributed by atoms with E-state index in [2.05, 4.69) is 14.4 Å². The van der Waals surface area contributed by atoms with Gasteiger partial charge in [0.15, 0.2) is 0 Å². The molecule has 0 radical (unpaired) electrons. The second-order valence-electron chi connectivity index (χ2n) is 3.06. The standard InChI is InChI=1S/C7H18N3.HNO2/c1-8(2)7(9(3)4)10(5)6;2-1-3/h1-6H3;(H,2,3)/q+1;/p-1. The first-order valence-corrected chi connectivity index (χ1v) is 3.72. The molecule has 0 aromatic carbocycles. The van der Waals surface area contributed by atoms with Crippen LogP contribution in [0.3, 0.4) is 0 Å². The van der Waals surface area contributed by atoms with Gasteiger partial charge >= 0.3 is 5.96 Å². The van der Waals surface area contributed by atoms with E-state index in [0.717, 1.165) is 5.34 Å². The van der Waals surface area contributed by atoms with Gasteiger partial charge in [0.2, 0.25) is 0 Å². The summed E-state index contributed by atoms with van der Waals surface area (Å²) >= 11 is 0. The molecule has 0 atom stereocenters. The van der Waals surface area contributed by atoms with Crippen molar-refractivity contribution >= 4 is 5.96 Å². The van der Waals surface area contributed by atoms with E-state index in [9.17, 15) is 0 Å². The molecule has 0 fully saturated rings. The Balaban J connectivity index is 0. The highest BCUT2D eigenvalue weighted by atomic mass is 16.6. The maximum Gasteiger partial charge on any atom is 0.349 e. The van der Waals surface area contributed by atoms with Gasteiger partial charge in [-0.25, -0.2) is 0 Å². The lowest BCUT2D eigenvalue weighted by atomic mass is 10.7. The van der Waals surface area contributed by atoms with Crippen molar-refractivity contribution in [2.45, 2.75) is 0 Å². The van der Waals surface area contributed by atoms with Crippen molar-refractivity contribution in [3.63, 3.8) is 0 Å². The van der Waals surface area contributed by atoms with Gasteiger partial charge in [-0.3, -0.25) is 14.4 Å². The van der Waals surface area contributed by atoms with Gasteiger partial charge in [-0.05, 0) is 0 Å². The van der Waals surface area contributed by atoms with E-state index < -0.39 is 0 Å². The predicted octanol–water partition coefficient (Wildman–Crippen LogP) is -0.0117. The highest BCUT2D eigenvalue weighted by Gasteiger charge is 2.12. The van der Waals surface area contributed by atoms with Gasteiger partial charge in [-0.1, -0.05) is 0 Å². The van der Waals surface area contributed by atoms with Gasteiger partial charge in [-0.15, -0.1) is 5.34 Å². The molecular weight excluding hydrogens is 172 g/mol. The molecule has 6 heteroatoms. The van der Waals surface area contributed by atoms with Gasteiger partial charge in [0, 0.05) is 0 Å². The van der Waals surface area contributed by atoms with Crippen LogP contribution in [0.1, 0.15) is 0 Å². The molecule has 0 aromatic heterocycles. The van der Waals surface area contributed by atoms with Crippen LogP contribution in [0.2, 0.25) is 0 Å². The highest BCUT2D eigenvalue weighted by Crippen LogP contribution is 1.84. The van der Waals surface area contributed by atoms with Crippen LogP contribution in [0.4, 0.5) is 0 Å². The van der Waals surface area contributed by atoms with Crippen LogP contribution >= 0.6 is 0 Å². The molecule has 13 heavy (non-hydrogen) atoms. The highest BCUT2D eigenvalue weighted by molar-refractivity contribution is 5.73. The van der Waals surface area contributed by atoms with E-state index in [4.69, 9.17) is 10.1 Å². The first-order chi connectivity index (χ1) is 5.88. The van der Waals surface area contributed by atoms with Crippen molar-refractivity contribution in [3.05, 3.63) is 10.1 Å². The summed E-state index contributed by atoms with van der Waals surface area (Å²) in [5.74, 6) is 1.19. The summed E-state index contributed by atoms with van der Waals surface area (Å²) in [5, 5.41) is 9.00. The second kappa shape index (κ2) is 7.33. The van der Waals surface area contributed by atoms with E-state index in [1.807, 2.05) is 42.3 Å². The number of guanidine groups is 1. The van der Waals surface area contributed by atoms with Crippen molar-refractivity contribution in [2.24, 2.45) is 5.34 Å². The minimum Gasteiger partial charge on any atom is -0.444 e. The van der Waals surface area contributed by atoms with Crippen molar-refractivity contribution in [3.8, 4) is 0 Å². The molecule has 0 bridgehead atoms. The lowest BCUT2D eigenvalue weighted by Gasteiger charge is -2.16. The summed E-state index contributed by atoms with van der Waals surface area (Å²) in [6.07, 6.45) is 0. The molecule has 0 rings (SSSR count). The lowest BCUT2D eigenvalue weighted by Crippen LogP contribution is -2.40. The average molecular weight is 190 g/mol. The summed E-state index contributed by atoms with van der Waals surface area (Å²) < 4.78 is 2.08. The van der Waals surface area contributed by atoms with Gasteiger partial charge in [0.25, 0.3) is 0 Å². The molecule has 78 valence electrons. The third-order valence-electron chi connectivity index (χ3n) is 1.20. The SMILES string of the molecule is CN(C)C(N(C)C)=[N+](C)C.O=N[O-]. The Kier molecular flexibility index (Phi) is 8.01. The molecule has 0 aliphatic rings. The lowest BCUT2D eigenvalue weighted by molar-refractivity contribution is -0.475. The van der Waals surface area contributed by atoms with Crippen LogP contribution < -0.4 is 0 Å². The molecule has 0 saturated carbocycles. The zero-order chi connectivity index (χ0) is 11.0. The molecule has 0 amide bonds. The molecule has 0 aliphatic heterocycles. The quantitative estimate of drug-likeness (QED) is 0.177. The Labute approximate surface area is 79.0 Å². The van der Waals surface area contributed by atoms with E-state index in [0.29, 0.717) is 0 Å². The zero-order valence-electron chi connectivity index (χ0n) is 9.11. The monoisotopic (exact) mass is 190 g/mol. The third kappa shape index (κ3) is 7.04. The van der Waals surface area contributed by atoms with E-state index >= 15 is 0 Å². The number of hydrogen-bond donors (Lipinski definition) is 0. The van der Waals surface area contributed by atoms with E-state index in [1.54, 1.807) is 0 Å². The normalized spacial score (nSPS) is 7.85. The number of nitrogens with zero attached hydrogens (tertiary/aromatic N) is 4. The van der Waals surface area contributed by atoms with Crippen LogP contribution in [-0.2, 0) is 0 Å². The van der Waals surface area contributed by atoms with Crippen LogP contribution in [0.15, 0.2) is 5.34 Å². The second-order valence-corrected chi connectivity index (χ2v) is 3.06. The van der Waals surface area contributed by atoms with Crippen LogP contribution in [0, 0.1) is 10.1 Å². The molecule has 6 nitrogen and oxygen atoms in total. The van der Waals surface area contributed by atoms with Crippen LogP contribution in [-0.4, -0.2) is 62.6 Å². The third-order valence-corrected chi connectivity index (χ3v) is 1.20. The van der Waals surface area contributed by atoms with E-state index in [1.165, 1.54) is 5.96 Å². The Hall–Kier alpha value is -1.33. The summed E-state index contributed by atoms with van der Waals surface area (Å²) in [7, 11) is 12.2. The fourth-order valence-electron chi connectivity index (χ4n) is 1.20. The molecule has 0 heterocycles. The zero-order valence-corrected chi connectivity index (χ0v) is 9.11. The molecule has 0 aliphatic carbocycles. The number of rotatable bonds is 0. The smallest absolute Gasteiger partial charge is 0.349 e. The maximum absolute atomic E-state index is 8.00. The van der Waals surface area contributed by atoms with E-state index in [-0.39, 0.29) is 0 Å². The maximum atomic E-state index is 8.00. The first kappa shape index (κ1) is 14.2. The minimum atomic E-state index is 1.00. The van der Waals surface area contributed by atoms with Crippen molar-refractivity contribution in [2.75, 3.05) is 42.3 Å². The summed E-state index contributed by atoms with van der Waals surface area (Å²) in [4.78, 5) is 12.2. The average Bonchev–Trinajstić information content (AvgIpc) is 1.84. The van der Waals surface area contributed by atoms with Crippen LogP contribution in [0.25, 0.3) is 0 Å². The Bertz CT molecular complexity index is 163. The largest absolute Gasteiger partial charge is 0.444 e.